The van der Waals surface area contributed by atoms with E-state index in [1.165, 1.54) is 12.3 Å². The fourth-order valence-electron chi connectivity index (χ4n) is 8.16. The van der Waals surface area contributed by atoms with Crippen molar-refractivity contribution in [2.45, 2.75) is 77.4 Å². The summed E-state index contributed by atoms with van der Waals surface area (Å²) < 4.78 is 38.0. The van der Waals surface area contributed by atoms with Crippen LogP contribution in [0.15, 0.2) is 30.5 Å². The molecule has 3 aliphatic carbocycles. The first kappa shape index (κ1) is 25.3. The number of hydrogen-bond donors (Lipinski definition) is 2. The SMILES string of the molecule is C[C@]12C=CC(=O)N[C@@H]1CC[C@@H]1[C@@H]2CC[C@]2(C)[C@@H](CC(=O)NCCc3ccc(C(F)(F)F)nc3)CC[C@@H]12. The van der Waals surface area contributed by atoms with Gasteiger partial charge >= 0.3 is 6.18 Å². The maximum absolute atomic E-state index is 12.8. The lowest BCUT2D eigenvalue weighted by atomic mass is 9.48. The first-order chi connectivity index (χ1) is 17.0. The lowest BCUT2D eigenvalue weighted by Crippen LogP contribution is -2.59. The third-order valence-electron chi connectivity index (χ3n) is 10.2. The number of carbonyl (C=O) groups excluding carboxylic acids is 2. The van der Waals surface area contributed by atoms with E-state index in [-0.39, 0.29) is 28.7 Å². The third kappa shape index (κ3) is 4.45. The van der Waals surface area contributed by atoms with E-state index in [1.807, 2.05) is 0 Å². The molecule has 0 bridgehead atoms. The van der Waals surface area contributed by atoms with Crippen LogP contribution in [0, 0.1) is 34.5 Å². The van der Waals surface area contributed by atoms with Gasteiger partial charge in [0.1, 0.15) is 5.69 Å². The van der Waals surface area contributed by atoms with Crippen LogP contribution in [0.3, 0.4) is 0 Å². The zero-order valence-corrected chi connectivity index (χ0v) is 21.0. The minimum atomic E-state index is -4.44. The molecule has 3 fully saturated rings. The molecule has 5 nitrogen and oxygen atoms in total. The average Bonchev–Trinajstić information content (AvgIpc) is 3.15. The quantitative estimate of drug-likeness (QED) is 0.590. The predicted molar refractivity (Wildman–Crippen MR) is 130 cm³/mol. The summed E-state index contributed by atoms with van der Waals surface area (Å²) in [6.45, 7) is 5.10. The maximum atomic E-state index is 12.8. The van der Waals surface area contributed by atoms with Crippen LogP contribution in [0.2, 0.25) is 0 Å². The second-order valence-corrected chi connectivity index (χ2v) is 11.9. The monoisotopic (exact) mass is 503 g/mol. The second kappa shape index (κ2) is 9.18. The van der Waals surface area contributed by atoms with Gasteiger partial charge in [-0.3, -0.25) is 14.6 Å². The van der Waals surface area contributed by atoms with Crippen molar-refractivity contribution in [1.82, 2.24) is 15.6 Å². The number of rotatable bonds is 5. The fourth-order valence-corrected chi connectivity index (χ4v) is 8.16. The average molecular weight is 504 g/mol. The highest BCUT2D eigenvalue weighted by Gasteiger charge is 2.59. The molecule has 0 radical (unpaired) electrons. The Labute approximate surface area is 210 Å². The lowest BCUT2D eigenvalue weighted by molar-refractivity contribution is -0.141. The Morgan fingerprint density at radius 3 is 2.67 bits per heavy atom. The smallest absolute Gasteiger partial charge is 0.356 e. The van der Waals surface area contributed by atoms with Crippen molar-refractivity contribution in [3.05, 3.63) is 41.7 Å². The number of halogens is 3. The minimum Gasteiger partial charge on any atom is -0.356 e. The van der Waals surface area contributed by atoms with Crippen molar-refractivity contribution in [3.63, 3.8) is 0 Å². The number of alkyl halides is 3. The summed E-state index contributed by atoms with van der Waals surface area (Å²) in [6.07, 6.45) is 8.25. The summed E-state index contributed by atoms with van der Waals surface area (Å²) in [5, 5.41) is 6.19. The Kier molecular flexibility index (Phi) is 6.44. The molecule has 196 valence electrons. The number of pyridine rings is 1. The van der Waals surface area contributed by atoms with Gasteiger partial charge in [0.15, 0.2) is 0 Å². The van der Waals surface area contributed by atoms with Crippen LogP contribution in [0.4, 0.5) is 13.2 Å². The highest BCUT2D eigenvalue weighted by atomic mass is 19.4. The van der Waals surface area contributed by atoms with Crippen LogP contribution in [-0.2, 0) is 22.2 Å². The van der Waals surface area contributed by atoms with E-state index >= 15 is 0 Å². The number of carbonyl (C=O) groups is 2. The molecular formula is C28H36F3N3O2. The third-order valence-corrected chi connectivity index (χ3v) is 10.2. The van der Waals surface area contributed by atoms with Gasteiger partial charge in [-0.2, -0.15) is 13.2 Å². The molecule has 2 N–H and O–H groups in total. The standard InChI is InChI=1S/C28H36F3N3O2/c1-26-12-9-21-19(5-8-22-27(21,2)13-10-24(35)34-22)20(26)6-4-18(26)15-25(36)32-14-11-17-3-7-23(33-16-17)28(29,30)31/h3,7,10,13,16,18-22H,4-6,8-9,11-12,14-15H2,1-2H3,(H,32,36)(H,34,35)/t18-,19+,20+,21+,22-,26-,27-/m1/s1. The number of nitrogens with zero attached hydrogens (tertiary/aromatic N) is 1. The molecule has 1 aromatic heterocycles. The van der Waals surface area contributed by atoms with E-state index < -0.39 is 11.9 Å². The summed E-state index contributed by atoms with van der Waals surface area (Å²) in [6, 6.07) is 2.63. The Balaban J connectivity index is 1.16. The Morgan fingerprint density at radius 2 is 1.94 bits per heavy atom. The van der Waals surface area contributed by atoms with Gasteiger partial charge in [-0.25, -0.2) is 0 Å². The first-order valence-corrected chi connectivity index (χ1v) is 13.3. The van der Waals surface area contributed by atoms with Gasteiger partial charge < -0.3 is 10.6 Å². The predicted octanol–water partition coefficient (Wildman–Crippen LogP) is 5.06. The molecule has 2 heterocycles. The van der Waals surface area contributed by atoms with E-state index in [1.54, 1.807) is 6.08 Å². The summed E-state index contributed by atoms with van der Waals surface area (Å²) >= 11 is 0. The summed E-state index contributed by atoms with van der Waals surface area (Å²) in [7, 11) is 0. The number of amides is 2. The number of fused-ring (bicyclic) bond motifs is 5. The molecule has 36 heavy (non-hydrogen) atoms. The van der Waals surface area contributed by atoms with Gasteiger partial charge in [0.25, 0.3) is 0 Å². The summed E-state index contributed by atoms with van der Waals surface area (Å²) in [4.78, 5) is 28.2. The first-order valence-electron chi connectivity index (χ1n) is 13.3. The van der Waals surface area contributed by atoms with Crippen molar-refractivity contribution in [2.75, 3.05) is 6.54 Å². The normalized spacial score (nSPS) is 37.5. The zero-order chi connectivity index (χ0) is 25.7. The van der Waals surface area contributed by atoms with Crippen LogP contribution < -0.4 is 10.6 Å². The topological polar surface area (TPSA) is 71.1 Å². The number of hydrogen-bond acceptors (Lipinski definition) is 3. The molecule has 7 atom stereocenters. The number of nitrogens with one attached hydrogen (secondary N) is 2. The molecule has 3 saturated carbocycles. The van der Waals surface area contributed by atoms with Gasteiger partial charge in [0.2, 0.25) is 11.8 Å². The van der Waals surface area contributed by atoms with Crippen molar-refractivity contribution >= 4 is 11.8 Å². The van der Waals surface area contributed by atoms with E-state index in [0.29, 0.717) is 48.6 Å². The molecule has 1 aliphatic heterocycles. The molecule has 0 spiro atoms. The largest absolute Gasteiger partial charge is 0.433 e. The highest BCUT2D eigenvalue weighted by Crippen LogP contribution is 2.65. The van der Waals surface area contributed by atoms with Crippen molar-refractivity contribution in [1.29, 1.82) is 0 Å². The molecule has 1 aromatic rings. The Hall–Kier alpha value is -2.38. The number of aromatic nitrogens is 1. The maximum Gasteiger partial charge on any atom is 0.433 e. The van der Waals surface area contributed by atoms with E-state index in [9.17, 15) is 22.8 Å². The van der Waals surface area contributed by atoms with E-state index in [0.717, 1.165) is 44.6 Å². The van der Waals surface area contributed by atoms with Crippen LogP contribution in [0.25, 0.3) is 0 Å². The van der Waals surface area contributed by atoms with Crippen LogP contribution in [0.1, 0.15) is 70.1 Å². The molecule has 4 aliphatic rings. The highest BCUT2D eigenvalue weighted by molar-refractivity contribution is 5.89. The van der Waals surface area contributed by atoms with Crippen LogP contribution >= 0.6 is 0 Å². The molecule has 8 heteroatoms. The molecular weight excluding hydrogens is 467 g/mol. The second-order valence-electron chi connectivity index (χ2n) is 11.9. The van der Waals surface area contributed by atoms with Gasteiger partial charge in [-0.15, -0.1) is 0 Å². The van der Waals surface area contributed by atoms with Crippen molar-refractivity contribution < 1.29 is 22.8 Å². The molecule has 0 unspecified atom stereocenters. The molecule has 0 saturated heterocycles. The van der Waals surface area contributed by atoms with Gasteiger partial charge in [0.05, 0.1) is 0 Å². The van der Waals surface area contributed by atoms with E-state index in [4.69, 9.17) is 0 Å². The zero-order valence-electron chi connectivity index (χ0n) is 21.0. The summed E-state index contributed by atoms with van der Waals surface area (Å²) in [5.74, 6) is 2.20. The van der Waals surface area contributed by atoms with Gasteiger partial charge in [0, 0.05) is 30.6 Å². The Morgan fingerprint density at radius 1 is 1.14 bits per heavy atom. The molecule has 2 amide bonds. The lowest BCUT2D eigenvalue weighted by Gasteiger charge is -2.59. The van der Waals surface area contributed by atoms with Crippen molar-refractivity contribution in [3.8, 4) is 0 Å². The van der Waals surface area contributed by atoms with Gasteiger partial charge in [-0.05, 0) is 91.7 Å². The van der Waals surface area contributed by atoms with Crippen LogP contribution in [-0.4, -0.2) is 29.4 Å². The van der Waals surface area contributed by atoms with Gasteiger partial charge in [-0.1, -0.05) is 26.0 Å². The fraction of sp³-hybridized carbons (Fsp3) is 0.679. The Bertz CT molecular complexity index is 1040. The van der Waals surface area contributed by atoms with E-state index in [2.05, 4.69) is 35.5 Å². The van der Waals surface area contributed by atoms with Crippen LogP contribution in [0.5, 0.6) is 0 Å². The summed E-state index contributed by atoms with van der Waals surface area (Å²) in [5.41, 5.74) is -0.0612. The minimum absolute atomic E-state index is 0.0147. The van der Waals surface area contributed by atoms with Crippen molar-refractivity contribution in [2.24, 2.45) is 34.5 Å². The molecule has 0 aromatic carbocycles. The molecule has 5 rings (SSSR count).